The number of rotatable bonds is 3. The molecule has 1 aliphatic carbocycles. The topological polar surface area (TPSA) is 23.4 Å². The summed E-state index contributed by atoms with van der Waals surface area (Å²) in [7, 11) is 1.73. The van der Waals surface area contributed by atoms with E-state index in [0.717, 1.165) is 12.3 Å². The molecule has 1 unspecified atom stereocenters. The Bertz CT molecular complexity index is 640. The van der Waals surface area contributed by atoms with E-state index in [2.05, 4.69) is 29.0 Å². The molecule has 2 aliphatic rings. The lowest BCUT2D eigenvalue weighted by molar-refractivity contribution is -0.0414. The van der Waals surface area contributed by atoms with Crippen LogP contribution in [0.1, 0.15) is 38.5 Å². The summed E-state index contributed by atoms with van der Waals surface area (Å²) >= 11 is 0. The number of benzene rings is 1. The molecule has 0 amide bonds. The van der Waals surface area contributed by atoms with Gasteiger partial charge in [-0.3, -0.25) is 0 Å². The molecule has 2 fully saturated rings. The SMILES string of the molecule is COc1cccc2c1ccn2CC1CCC2(CCCC2)O1. The summed E-state index contributed by atoms with van der Waals surface area (Å²) in [5, 5.41) is 1.19. The molecule has 112 valence electrons. The van der Waals surface area contributed by atoms with Crippen molar-refractivity contribution in [2.24, 2.45) is 0 Å². The molecule has 1 saturated heterocycles. The van der Waals surface area contributed by atoms with Gasteiger partial charge in [-0.05, 0) is 43.9 Å². The number of fused-ring (bicyclic) bond motifs is 1. The number of aromatic nitrogens is 1. The van der Waals surface area contributed by atoms with Crippen LogP contribution in [0.4, 0.5) is 0 Å². The van der Waals surface area contributed by atoms with Gasteiger partial charge in [-0.15, -0.1) is 0 Å². The molecule has 4 rings (SSSR count). The lowest BCUT2D eigenvalue weighted by Gasteiger charge is -2.24. The fraction of sp³-hybridized carbons (Fsp3) is 0.556. The minimum atomic E-state index is 0.227. The second-order valence-corrected chi connectivity index (χ2v) is 6.53. The first kappa shape index (κ1) is 13.2. The lowest BCUT2D eigenvalue weighted by Crippen LogP contribution is -2.26. The maximum Gasteiger partial charge on any atom is 0.128 e. The van der Waals surface area contributed by atoms with Gasteiger partial charge >= 0.3 is 0 Å². The molecule has 21 heavy (non-hydrogen) atoms. The van der Waals surface area contributed by atoms with Crippen molar-refractivity contribution in [1.82, 2.24) is 4.57 Å². The molecule has 1 aromatic carbocycles. The van der Waals surface area contributed by atoms with E-state index in [1.807, 2.05) is 6.07 Å². The molecule has 2 heterocycles. The second-order valence-electron chi connectivity index (χ2n) is 6.53. The van der Waals surface area contributed by atoms with Crippen LogP contribution in [-0.2, 0) is 11.3 Å². The summed E-state index contributed by atoms with van der Waals surface area (Å²) in [6.45, 7) is 0.957. The summed E-state index contributed by atoms with van der Waals surface area (Å²) in [6, 6.07) is 8.39. The Kier molecular flexibility index (Phi) is 3.18. The van der Waals surface area contributed by atoms with Crippen LogP contribution in [0, 0.1) is 0 Å². The summed E-state index contributed by atoms with van der Waals surface area (Å²) in [4.78, 5) is 0. The molecule has 1 atom stereocenters. The van der Waals surface area contributed by atoms with E-state index in [0.29, 0.717) is 6.10 Å². The normalized spacial score (nSPS) is 24.1. The Morgan fingerprint density at radius 1 is 1.24 bits per heavy atom. The van der Waals surface area contributed by atoms with Gasteiger partial charge in [0.2, 0.25) is 0 Å². The number of hydrogen-bond acceptors (Lipinski definition) is 2. The standard InChI is InChI=1S/C18H23NO2/c1-20-17-6-4-5-16-15(17)8-12-19(16)13-14-7-11-18(21-14)9-2-3-10-18/h4-6,8,12,14H,2-3,7,9-11,13H2,1H3. The van der Waals surface area contributed by atoms with E-state index < -0.39 is 0 Å². The predicted molar refractivity (Wildman–Crippen MR) is 83.8 cm³/mol. The van der Waals surface area contributed by atoms with Gasteiger partial charge in [0.15, 0.2) is 0 Å². The highest BCUT2D eigenvalue weighted by molar-refractivity contribution is 5.86. The first-order chi connectivity index (χ1) is 10.3. The van der Waals surface area contributed by atoms with Crippen molar-refractivity contribution < 1.29 is 9.47 Å². The zero-order valence-corrected chi connectivity index (χ0v) is 12.7. The van der Waals surface area contributed by atoms with Gasteiger partial charge in [0.25, 0.3) is 0 Å². The van der Waals surface area contributed by atoms with Crippen molar-refractivity contribution in [3.63, 3.8) is 0 Å². The third kappa shape index (κ3) is 2.24. The molecule has 2 aromatic rings. The zero-order chi connectivity index (χ0) is 14.3. The quantitative estimate of drug-likeness (QED) is 0.846. The first-order valence-electron chi connectivity index (χ1n) is 8.09. The third-order valence-corrected chi connectivity index (χ3v) is 5.25. The monoisotopic (exact) mass is 285 g/mol. The highest BCUT2D eigenvalue weighted by atomic mass is 16.5. The van der Waals surface area contributed by atoms with Crippen LogP contribution in [0.5, 0.6) is 5.75 Å². The van der Waals surface area contributed by atoms with E-state index in [4.69, 9.17) is 9.47 Å². The largest absolute Gasteiger partial charge is 0.496 e. The van der Waals surface area contributed by atoms with Crippen molar-refractivity contribution in [3.05, 3.63) is 30.5 Å². The summed E-state index contributed by atoms with van der Waals surface area (Å²) in [5.74, 6) is 0.950. The summed E-state index contributed by atoms with van der Waals surface area (Å²) < 4.78 is 14.2. The fourth-order valence-corrected chi connectivity index (χ4v) is 4.16. The van der Waals surface area contributed by atoms with E-state index >= 15 is 0 Å². The number of hydrogen-bond donors (Lipinski definition) is 0. The number of methoxy groups -OCH3 is 1. The molecule has 1 spiro atoms. The molecule has 0 bridgehead atoms. The molecular formula is C18H23NO2. The Labute approximate surface area is 125 Å². The Morgan fingerprint density at radius 2 is 2.10 bits per heavy atom. The Morgan fingerprint density at radius 3 is 2.90 bits per heavy atom. The Hall–Kier alpha value is -1.48. The maximum absolute atomic E-state index is 6.44. The first-order valence-corrected chi connectivity index (χ1v) is 8.09. The predicted octanol–water partition coefficient (Wildman–Crippen LogP) is 4.14. The van der Waals surface area contributed by atoms with E-state index in [-0.39, 0.29) is 5.60 Å². The van der Waals surface area contributed by atoms with Crippen LogP contribution in [0.15, 0.2) is 30.5 Å². The molecule has 1 aromatic heterocycles. The molecule has 0 N–H and O–H groups in total. The lowest BCUT2D eigenvalue weighted by atomic mass is 9.98. The van der Waals surface area contributed by atoms with Crippen LogP contribution in [0.2, 0.25) is 0 Å². The van der Waals surface area contributed by atoms with Crippen molar-refractivity contribution in [3.8, 4) is 5.75 Å². The Balaban J connectivity index is 1.55. The molecule has 1 saturated carbocycles. The van der Waals surface area contributed by atoms with Gasteiger partial charge in [0.05, 0.1) is 24.3 Å². The van der Waals surface area contributed by atoms with Crippen molar-refractivity contribution in [2.75, 3.05) is 7.11 Å². The van der Waals surface area contributed by atoms with Crippen LogP contribution >= 0.6 is 0 Å². The minimum Gasteiger partial charge on any atom is -0.496 e. The zero-order valence-electron chi connectivity index (χ0n) is 12.7. The van der Waals surface area contributed by atoms with Crippen LogP contribution in [-0.4, -0.2) is 23.4 Å². The summed E-state index contributed by atoms with van der Waals surface area (Å²) in [6.07, 6.45) is 10.2. The molecule has 3 nitrogen and oxygen atoms in total. The number of ether oxygens (including phenoxy) is 2. The summed E-state index contributed by atoms with van der Waals surface area (Å²) in [5.41, 5.74) is 1.47. The highest BCUT2D eigenvalue weighted by Crippen LogP contribution is 2.43. The van der Waals surface area contributed by atoms with Crippen LogP contribution in [0.3, 0.4) is 0 Å². The van der Waals surface area contributed by atoms with Gasteiger partial charge in [0, 0.05) is 18.1 Å². The van der Waals surface area contributed by atoms with Gasteiger partial charge in [-0.2, -0.15) is 0 Å². The van der Waals surface area contributed by atoms with E-state index in [1.54, 1.807) is 7.11 Å². The highest BCUT2D eigenvalue weighted by Gasteiger charge is 2.42. The van der Waals surface area contributed by atoms with Crippen molar-refractivity contribution >= 4 is 10.9 Å². The van der Waals surface area contributed by atoms with Crippen molar-refractivity contribution in [2.45, 2.75) is 56.8 Å². The number of nitrogens with zero attached hydrogens (tertiary/aromatic N) is 1. The maximum atomic E-state index is 6.44. The van der Waals surface area contributed by atoms with Gasteiger partial charge < -0.3 is 14.0 Å². The average Bonchev–Trinajstić information content (AvgIpc) is 3.22. The average molecular weight is 285 g/mol. The van der Waals surface area contributed by atoms with Crippen LogP contribution < -0.4 is 4.74 Å². The molecular weight excluding hydrogens is 262 g/mol. The molecule has 3 heteroatoms. The fourth-order valence-electron chi connectivity index (χ4n) is 4.16. The van der Waals surface area contributed by atoms with E-state index in [1.165, 1.54) is 49.4 Å². The van der Waals surface area contributed by atoms with Gasteiger partial charge in [-0.1, -0.05) is 18.9 Å². The third-order valence-electron chi connectivity index (χ3n) is 5.25. The smallest absolute Gasteiger partial charge is 0.128 e. The van der Waals surface area contributed by atoms with Crippen molar-refractivity contribution in [1.29, 1.82) is 0 Å². The minimum absolute atomic E-state index is 0.227. The van der Waals surface area contributed by atoms with Gasteiger partial charge in [0.1, 0.15) is 5.75 Å². The molecule has 1 aliphatic heterocycles. The second kappa shape index (κ2) is 5.06. The van der Waals surface area contributed by atoms with E-state index in [9.17, 15) is 0 Å². The molecule has 0 radical (unpaired) electrons. The van der Waals surface area contributed by atoms with Gasteiger partial charge in [-0.25, -0.2) is 0 Å². The van der Waals surface area contributed by atoms with Crippen LogP contribution in [0.25, 0.3) is 10.9 Å².